The first kappa shape index (κ1) is 9.04. The van der Waals surface area contributed by atoms with Crippen molar-refractivity contribution >= 4 is 22.6 Å². The molecule has 0 aliphatic heterocycles. The zero-order chi connectivity index (χ0) is 8.27. The van der Waals surface area contributed by atoms with Crippen LogP contribution < -0.4 is 0 Å². The van der Waals surface area contributed by atoms with Gasteiger partial charge in [0.05, 0.1) is 0 Å². The van der Waals surface area contributed by atoms with Crippen molar-refractivity contribution in [2.24, 2.45) is 0 Å². The van der Waals surface area contributed by atoms with Gasteiger partial charge in [-0.3, -0.25) is 0 Å². The fourth-order valence-electron chi connectivity index (χ4n) is 1.12. The molecule has 0 aliphatic carbocycles. The molecule has 60 valence electrons. The Balaban J connectivity index is 3.02. The van der Waals surface area contributed by atoms with Crippen molar-refractivity contribution in [3.05, 3.63) is 32.9 Å². The maximum absolute atomic E-state index is 2.39. The van der Waals surface area contributed by atoms with Crippen molar-refractivity contribution in [3.8, 4) is 0 Å². The van der Waals surface area contributed by atoms with Crippen molar-refractivity contribution in [2.75, 3.05) is 0 Å². The summed E-state index contributed by atoms with van der Waals surface area (Å²) in [5.41, 5.74) is 2.92. The van der Waals surface area contributed by atoms with Gasteiger partial charge >= 0.3 is 0 Å². The largest absolute Gasteiger partial charge is 0.0613 e. The Hall–Kier alpha value is -0.0500. The normalized spacial score (nSPS) is 10.1. The third kappa shape index (κ3) is 2.19. The number of halogens is 1. The molecule has 0 amide bonds. The lowest BCUT2D eigenvalue weighted by molar-refractivity contribution is 1.08. The summed E-state index contributed by atoms with van der Waals surface area (Å²) in [6.07, 6.45) is 2.29. The number of benzene rings is 1. The van der Waals surface area contributed by atoms with Crippen LogP contribution in [0, 0.1) is 3.57 Å². The SMILES string of the molecule is CCc1ccc(I)c(CC)c1. The first-order valence-corrected chi connectivity index (χ1v) is 5.13. The zero-order valence-electron chi connectivity index (χ0n) is 7.02. The molecule has 1 heteroatoms. The molecule has 0 nitrogen and oxygen atoms in total. The van der Waals surface area contributed by atoms with Crippen LogP contribution in [0.3, 0.4) is 0 Å². The van der Waals surface area contributed by atoms with E-state index in [0.717, 1.165) is 12.8 Å². The molecule has 0 heterocycles. The van der Waals surface area contributed by atoms with Crippen molar-refractivity contribution in [2.45, 2.75) is 26.7 Å². The van der Waals surface area contributed by atoms with Crippen LogP contribution in [0.25, 0.3) is 0 Å². The van der Waals surface area contributed by atoms with Crippen LogP contribution in [0.4, 0.5) is 0 Å². The Morgan fingerprint density at radius 2 is 1.91 bits per heavy atom. The number of rotatable bonds is 2. The fraction of sp³-hybridized carbons (Fsp3) is 0.400. The standard InChI is InChI=1S/C10H13I/c1-3-8-5-6-10(11)9(4-2)7-8/h5-7H,3-4H2,1-2H3. The summed E-state index contributed by atoms with van der Waals surface area (Å²) >= 11 is 2.39. The second-order valence-electron chi connectivity index (χ2n) is 2.63. The minimum Gasteiger partial charge on any atom is -0.0613 e. The third-order valence-electron chi connectivity index (χ3n) is 1.90. The predicted octanol–water partition coefficient (Wildman–Crippen LogP) is 3.42. The molecule has 0 bridgehead atoms. The number of aryl methyl sites for hydroxylation is 2. The summed E-state index contributed by atoms with van der Waals surface area (Å²) in [5, 5.41) is 0. The predicted molar refractivity (Wildman–Crippen MR) is 57.9 cm³/mol. The molecule has 1 rings (SSSR count). The van der Waals surface area contributed by atoms with E-state index in [1.165, 1.54) is 14.7 Å². The molecule has 1 aromatic rings. The zero-order valence-corrected chi connectivity index (χ0v) is 9.18. The smallest absolute Gasteiger partial charge is 0.0162 e. The summed E-state index contributed by atoms with van der Waals surface area (Å²) in [4.78, 5) is 0. The first-order valence-electron chi connectivity index (χ1n) is 4.05. The van der Waals surface area contributed by atoms with Gasteiger partial charge in [-0.2, -0.15) is 0 Å². The maximum atomic E-state index is 2.39. The van der Waals surface area contributed by atoms with Gasteiger partial charge in [-0.25, -0.2) is 0 Å². The minimum absolute atomic E-state index is 1.14. The lowest BCUT2D eigenvalue weighted by Crippen LogP contribution is -1.88. The van der Waals surface area contributed by atoms with Gasteiger partial charge in [0, 0.05) is 3.57 Å². The van der Waals surface area contributed by atoms with E-state index in [9.17, 15) is 0 Å². The Kier molecular flexibility index (Phi) is 3.37. The molecule has 0 fully saturated rings. The second kappa shape index (κ2) is 4.10. The highest BCUT2D eigenvalue weighted by Gasteiger charge is 1.97. The van der Waals surface area contributed by atoms with E-state index in [1.807, 2.05) is 0 Å². The highest BCUT2D eigenvalue weighted by atomic mass is 127. The summed E-state index contributed by atoms with van der Waals surface area (Å²) in [5.74, 6) is 0. The van der Waals surface area contributed by atoms with Gasteiger partial charge in [-0.15, -0.1) is 0 Å². The molecule has 0 spiro atoms. The lowest BCUT2D eigenvalue weighted by Gasteiger charge is -2.03. The fourth-order valence-corrected chi connectivity index (χ4v) is 1.84. The Bertz CT molecular complexity index is 241. The van der Waals surface area contributed by atoms with E-state index in [2.05, 4.69) is 54.6 Å². The monoisotopic (exact) mass is 260 g/mol. The maximum Gasteiger partial charge on any atom is 0.0162 e. The Morgan fingerprint density at radius 3 is 2.45 bits per heavy atom. The average Bonchev–Trinajstić information content (AvgIpc) is 2.05. The molecule has 11 heavy (non-hydrogen) atoms. The van der Waals surface area contributed by atoms with Crippen molar-refractivity contribution < 1.29 is 0 Å². The molecule has 0 aliphatic rings. The van der Waals surface area contributed by atoms with Crippen LogP contribution in [0.2, 0.25) is 0 Å². The molecular weight excluding hydrogens is 247 g/mol. The van der Waals surface area contributed by atoms with E-state index in [4.69, 9.17) is 0 Å². The molecule has 0 unspecified atom stereocenters. The van der Waals surface area contributed by atoms with E-state index >= 15 is 0 Å². The Morgan fingerprint density at radius 1 is 1.18 bits per heavy atom. The Labute approximate surface area is 82.2 Å². The van der Waals surface area contributed by atoms with Gasteiger partial charge in [-0.1, -0.05) is 26.0 Å². The second-order valence-corrected chi connectivity index (χ2v) is 3.80. The van der Waals surface area contributed by atoms with Crippen LogP contribution >= 0.6 is 22.6 Å². The van der Waals surface area contributed by atoms with Gasteiger partial charge in [0.25, 0.3) is 0 Å². The summed E-state index contributed by atoms with van der Waals surface area (Å²) in [6, 6.07) is 6.72. The van der Waals surface area contributed by atoms with Gasteiger partial charge < -0.3 is 0 Å². The molecule has 0 atom stereocenters. The van der Waals surface area contributed by atoms with Crippen molar-refractivity contribution in [1.82, 2.24) is 0 Å². The minimum atomic E-state index is 1.14. The third-order valence-corrected chi connectivity index (χ3v) is 2.95. The van der Waals surface area contributed by atoms with Crippen LogP contribution in [-0.4, -0.2) is 0 Å². The topological polar surface area (TPSA) is 0 Å². The summed E-state index contributed by atoms with van der Waals surface area (Å²) < 4.78 is 1.39. The van der Waals surface area contributed by atoms with Crippen molar-refractivity contribution in [3.63, 3.8) is 0 Å². The van der Waals surface area contributed by atoms with Crippen molar-refractivity contribution in [1.29, 1.82) is 0 Å². The molecule has 0 saturated carbocycles. The van der Waals surface area contributed by atoms with E-state index in [-0.39, 0.29) is 0 Å². The summed E-state index contributed by atoms with van der Waals surface area (Å²) in [6.45, 7) is 4.40. The quantitative estimate of drug-likeness (QED) is 0.715. The van der Waals surface area contributed by atoms with E-state index in [0.29, 0.717) is 0 Å². The highest BCUT2D eigenvalue weighted by Crippen LogP contribution is 2.15. The van der Waals surface area contributed by atoms with Gasteiger partial charge in [0.2, 0.25) is 0 Å². The molecule has 0 aromatic heterocycles. The molecular formula is C10H13I. The van der Waals surface area contributed by atoms with E-state index in [1.54, 1.807) is 0 Å². The van der Waals surface area contributed by atoms with Gasteiger partial charge in [0.1, 0.15) is 0 Å². The van der Waals surface area contributed by atoms with E-state index < -0.39 is 0 Å². The van der Waals surface area contributed by atoms with Crippen LogP contribution in [0.5, 0.6) is 0 Å². The average molecular weight is 260 g/mol. The van der Waals surface area contributed by atoms with Gasteiger partial charge in [0.15, 0.2) is 0 Å². The number of hydrogen-bond donors (Lipinski definition) is 0. The molecule has 0 saturated heterocycles. The first-order chi connectivity index (χ1) is 5.27. The molecule has 0 radical (unpaired) electrons. The molecule has 0 N–H and O–H groups in total. The molecule has 1 aromatic carbocycles. The lowest BCUT2D eigenvalue weighted by atomic mass is 10.1. The summed E-state index contributed by atoms with van der Waals surface area (Å²) in [7, 11) is 0. The highest BCUT2D eigenvalue weighted by molar-refractivity contribution is 14.1. The van der Waals surface area contributed by atoms with Crippen LogP contribution in [0.1, 0.15) is 25.0 Å². The van der Waals surface area contributed by atoms with Gasteiger partial charge in [-0.05, 0) is 52.6 Å². The van der Waals surface area contributed by atoms with Crippen LogP contribution in [0.15, 0.2) is 18.2 Å². The number of hydrogen-bond acceptors (Lipinski definition) is 0. The van der Waals surface area contributed by atoms with Crippen LogP contribution in [-0.2, 0) is 12.8 Å².